The maximum Gasteiger partial charge on any atom is 0.0483 e. The molecule has 0 fully saturated rings. The number of hydrogen-bond acceptors (Lipinski definition) is 2. The maximum atomic E-state index is 5.35. The molecule has 0 atom stereocenters. The maximum absolute atomic E-state index is 5.35. The summed E-state index contributed by atoms with van der Waals surface area (Å²) in [5, 5.41) is 4.89. The molecule has 1 aromatic heterocycles. The van der Waals surface area contributed by atoms with E-state index in [2.05, 4.69) is 47.3 Å². The fourth-order valence-corrected chi connectivity index (χ4v) is 2.56. The molecule has 1 heterocycles. The van der Waals surface area contributed by atoms with Crippen LogP contribution in [0, 0.1) is 0 Å². The molecule has 0 aliphatic rings. The van der Waals surface area contributed by atoms with Gasteiger partial charge in [-0.05, 0) is 37.9 Å². The van der Waals surface area contributed by atoms with E-state index >= 15 is 0 Å². The van der Waals surface area contributed by atoms with Crippen LogP contribution < -0.4 is 5.32 Å². The minimum atomic E-state index is 0.810. The lowest BCUT2D eigenvalue weighted by atomic mass is 10.2. The molecular formula is C17H26N2O. The van der Waals surface area contributed by atoms with E-state index in [1.165, 1.54) is 22.9 Å². The number of nitrogens with zero attached hydrogens (tertiary/aromatic N) is 1. The number of rotatable bonds is 9. The van der Waals surface area contributed by atoms with Crippen LogP contribution in [0.2, 0.25) is 0 Å². The van der Waals surface area contributed by atoms with Crippen molar-refractivity contribution in [3.63, 3.8) is 0 Å². The fraction of sp³-hybridized carbons (Fsp3) is 0.529. The molecule has 1 N–H and O–H groups in total. The second kappa shape index (κ2) is 8.08. The van der Waals surface area contributed by atoms with Crippen LogP contribution in [0.3, 0.4) is 0 Å². The Kier molecular flexibility index (Phi) is 6.09. The zero-order valence-electron chi connectivity index (χ0n) is 12.7. The topological polar surface area (TPSA) is 26.2 Å². The van der Waals surface area contributed by atoms with Gasteiger partial charge in [0.15, 0.2) is 0 Å². The summed E-state index contributed by atoms with van der Waals surface area (Å²) in [7, 11) is 0. The van der Waals surface area contributed by atoms with Gasteiger partial charge < -0.3 is 14.6 Å². The van der Waals surface area contributed by atoms with Gasteiger partial charge in [0.2, 0.25) is 0 Å². The molecule has 0 aliphatic heterocycles. The molecule has 3 heteroatoms. The molecule has 110 valence electrons. The Morgan fingerprint density at radius 2 is 2.05 bits per heavy atom. The van der Waals surface area contributed by atoms with E-state index < -0.39 is 0 Å². The van der Waals surface area contributed by atoms with Crippen LogP contribution in [0.1, 0.15) is 32.3 Å². The highest BCUT2D eigenvalue weighted by molar-refractivity contribution is 5.83. The molecule has 0 spiro atoms. The van der Waals surface area contributed by atoms with E-state index in [4.69, 9.17) is 4.74 Å². The lowest BCUT2D eigenvalue weighted by Crippen LogP contribution is -2.16. The van der Waals surface area contributed by atoms with E-state index in [-0.39, 0.29) is 0 Å². The summed E-state index contributed by atoms with van der Waals surface area (Å²) in [6.45, 7) is 8.95. The van der Waals surface area contributed by atoms with Crippen LogP contribution in [0.25, 0.3) is 10.9 Å². The molecular weight excluding hydrogens is 248 g/mol. The van der Waals surface area contributed by atoms with Crippen molar-refractivity contribution in [3.05, 3.63) is 36.0 Å². The number of nitrogens with one attached hydrogen (secondary N) is 1. The monoisotopic (exact) mass is 274 g/mol. The van der Waals surface area contributed by atoms with Crippen molar-refractivity contribution < 1.29 is 4.74 Å². The van der Waals surface area contributed by atoms with E-state index in [1.807, 2.05) is 6.92 Å². The van der Waals surface area contributed by atoms with E-state index in [0.29, 0.717) is 0 Å². The first kappa shape index (κ1) is 15.1. The highest BCUT2D eigenvalue weighted by atomic mass is 16.5. The molecule has 0 bridgehead atoms. The highest BCUT2D eigenvalue weighted by Crippen LogP contribution is 2.21. The molecule has 3 nitrogen and oxygen atoms in total. The predicted octanol–water partition coefficient (Wildman–Crippen LogP) is 3.57. The molecule has 0 saturated heterocycles. The van der Waals surface area contributed by atoms with E-state index in [1.54, 1.807) is 0 Å². The lowest BCUT2D eigenvalue weighted by molar-refractivity contribution is 0.144. The van der Waals surface area contributed by atoms with Gasteiger partial charge in [-0.15, -0.1) is 0 Å². The molecule has 2 rings (SSSR count). The van der Waals surface area contributed by atoms with Crippen molar-refractivity contribution in [3.8, 4) is 0 Å². The Morgan fingerprint density at radius 1 is 1.20 bits per heavy atom. The van der Waals surface area contributed by atoms with Gasteiger partial charge in [-0.2, -0.15) is 0 Å². The van der Waals surface area contributed by atoms with Crippen molar-refractivity contribution >= 4 is 10.9 Å². The van der Waals surface area contributed by atoms with E-state index in [9.17, 15) is 0 Å². The first-order chi connectivity index (χ1) is 9.86. The first-order valence-corrected chi connectivity index (χ1v) is 7.72. The number of fused-ring (bicyclic) bond motifs is 1. The van der Waals surface area contributed by atoms with Gasteiger partial charge >= 0.3 is 0 Å². The summed E-state index contributed by atoms with van der Waals surface area (Å²) in [5.74, 6) is 0. The average molecular weight is 274 g/mol. The smallest absolute Gasteiger partial charge is 0.0483 e. The minimum Gasteiger partial charge on any atom is -0.382 e. The molecule has 0 unspecified atom stereocenters. The fourth-order valence-electron chi connectivity index (χ4n) is 2.56. The molecule has 0 saturated carbocycles. The summed E-state index contributed by atoms with van der Waals surface area (Å²) in [6, 6.07) is 8.67. The van der Waals surface area contributed by atoms with Crippen molar-refractivity contribution in [2.24, 2.45) is 0 Å². The lowest BCUT2D eigenvalue weighted by Gasteiger charge is -2.04. The molecule has 0 radical (unpaired) electrons. The van der Waals surface area contributed by atoms with Crippen LogP contribution in [0.4, 0.5) is 0 Å². The molecule has 1 aromatic carbocycles. The van der Waals surface area contributed by atoms with Crippen molar-refractivity contribution in [1.29, 1.82) is 0 Å². The molecule has 0 amide bonds. The number of benzene rings is 1. The minimum absolute atomic E-state index is 0.810. The van der Waals surface area contributed by atoms with Crippen LogP contribution in [-0.2, 0) is 17.8 Å². The Labute approximate surface area is 121 Å². The summed E-state index contributed by atoms with van der Waals surface area (Å²) in [4.78, 5) is 0. The third kappa shape index (κ3) is 3.84. The van der Waals surface area contributed by atoms with E-state index in [0.717, 1.165) is 39.3 Å². The average Bonchev–Trinajstić information content (AvgIpc) is 2.82. The second-order valence-corrected chi connectivity index (χ2v) is 5.09. The van der Waals surface area contributed by atoms with Gasteiger partial charge in [0.25, 0.3) is 0 Å². The van der Waals surface area contributed by atoms with Gasteiger partial charge in [-0.1, -0.05) is 25.1 Å². The zero-order chi connectivity index (χ0) is 14.2. The number of ether oxygens (including phenoxy) is 1. The third-order valence-corrected chi connectivity index (χ3v) is 3.50. The normalized spacial score (nSPS) is 11.3. The second-order valence-electron chi connectivity index (χ2n) is 5.09. The Hall–Kier alpha value is -1.32. The number of aryl methyl sites for hydroxylation is 1. The Balaban J connectivity index is 1.95. The van der Waals surface area contributed by atoms with Gasteiger partial charge in [0.05, 0.1) is 0 Å². The summed E-state index contributed by atoms with van der Waals surface area (Å²) in [5.41, 5.74) is 2.74. The summed E-state index contributed by atoms with van der Waals surface area (Å²) in [6.07, 6.45) is 4.53. The molecule has 0 aliphatic carbocycles. The van der Waals surface area contributed by atoms with Crippen molar-refractivity contribution in [1.82, 2.24) is 9.88 Å². The summed E-state index contributed by atoms with van der Waals surface area (Å²) >= 11 is 0. The number of aromatic nitrogens is 1. The zero-order valence-corrected chi connectivity index (χ0v) is 12.7. The van der Waals surface area contributed by atoms with Crippen LogP contribution in [0.15, 0.2) is 30.5 Å². The number of para-hydroxylation sites is 1. The highest BCUT2D eigenvalue weighted by Gasteiger charge is 2.06. The van der Waals surface area contributed by atoms with Crippen molar-refractivity contribution in [2.45, 2.75) is 39.8 Å². The quantitative estimate of drug-likeness (QED) is 0.708. The Morgan fingerprint density at radius 3 is 2.85 bits per heavy atom. The SMILES string of the molecule is CCCn1cc(CNCCCOCC)c2ccccc21. The van der Waals surface area contributed by atoms with Crippen LogP contribution >= 0.6 is 0 Å². The molecule has 2 aromatic rings. The Bertz CT molecular complexity index is 519. The van der Waals surface area contributed by atoms with Gasteiger partial charge in [-0.3, -0.25) is 0 Å². The standard InChI is InChI=1S/C17H26N2O/c1-3-11-19-14-15(13-18-10-7-12-20-4-2)16-8-5-6-9-17(16)19/h5-6,8-9,14,18H,3-4,7,10-13H2,1-2H3. The number of hydrogen-bond donors (Lipinski definition) is 1. The first-order valence-electron chi connectivity index (χ1n) is 7.72. The largest absolute Gasteiger partial charge is 0.382 e. The van der Waals surface area contributed by atoms with Gasteiger partial charge in [0, 0.05) is 43.4 Å². The van der Waals surface area contributed by atoms with Crippen molar-refractivity contribution in [2.75, 3.05) is 19.8 Å². The van der Waals surface area contributed by atoms with Gasteiger partial charge in [-0.25, -0.2) is 0 Å². The van der Waals surface area contributed by atoms with Crippen LogP contribution in [0.5, 0.6) is 0 Å². The predicted molar refractivity (Wildman–Crippen MR) is 85.0 cm³/mol. The molecule has 20 heavy (non-hydrogen) atoms. The third-order valence-electron chi connectivity index (χ3n) is 3.50. The van der Waals surface area contributed by atoms with Gasteiger partial charge in [0.1, 0.15) is 0 Å². The van der Waals surface area contributed by atoms with Crippen LogP contribution in [-0.4, -0.2) is 24.3 Å². The summed E-state index contributed by atoms with van der Waals surface area (Å²) < 4.78 is 7.72.